The molecule has 154 valence electrons. The summed E-state index contributed by atoms with van der Waals surface area (Å²) in [5.74, 6) is -0.376. The molecule has 10 nitrogen and oxygen atoms in total. The maximum atomic E-state index is 12.8. The molecule has 30 heavy (non-hydrogen) atoms. The van der Waals surface area contributed by atoms with E-state index in [2.05, 4.69) is 25.6 Å². The molecule has 5 rings (SSSR count). The van der Waals surface area contributed by atoms with Crippen molar-refractivity contribution in [2.45, 2.75) is 17.7 Å². The summed E-state index contributed by atoms with van der Waals surface area (Å²) in [5.41, 5.74) is 2.06. The number of carbonyl (C=O) groups excluding carboxylic acids is 1. The van der Waals surface area contributed by atoms with Crippen LogP contribution in [0.15, 0.2) is 35.4 Å². The van der Waals surface area contributed by atoms with E-state index in [1.165, 1.54) is 26.5 Å². The first-order chi connectivity index (χ1) is 14.4. The zero-order chi connectivity index (χ0) is 20.9. The highest BCUT2D eigenvalue weighted by Gasteiger charge is 2.27. The van der Waals surface area contributed by atoms with Crippen LogP contribution in [0.5, 0.6) is 0 Å². The van der Waals surface area contributed by atoms with E-state index in [0.29, 0.717) is 45.2 Å². The van der Waals surface area contributed by atoms with Crippen LogP contribution in [0.1, 0.15) is 23.2 Å². The second kappa shape index (κ2) is 7.07. The van der Waals surface area contributed by atoms with E-state index in [-0.39, 0.29) is 10.8 Å². The number of benzene rings is 1. The Hall–Kier alpha value is -2.96. The molecule has 0 atom stereocenters. The zero-order valence-corrected chi connectivity index (χ0v) is 17.6. The topological polar surface area (TPSA) is 123 Å². The van der Waals surface area contributed by atoms with E-state index in [1.807, 2.05) is 0 Å². The summed E-state index contributed by atoms with van der Waals surface area (Å²) >= 11 is 1.22. The van der Waals surface area contributed by atoms with E-state index >= 15 is 0 Å². The van der Waals surface area contributed by atoms with Gasteiger partial charge < -0.3 is 0 Å². The van der Waals surface area contributed by atoms with Crippen LogP contribution in [0.3, 0.4) is 0 Å². The number of nitrogens with one attached hydrogen (secondary N) is 1. The normalized spacial score (nSPS) is 15.2. The number of anilines is 1. The lowest BCUT2D eigenvalue weighted by Crippen LogP contribution is -2.27. The number of carbonyl (C=O) groups is 1. The van der Waals surface area contributed by atoms with Crippen LogP contribution in [0.2, 0.25) is 0 Å². The molecular weight excluding hydrogens is 426 g/mol. The number of sulfonamides is 1. The fourth-order valence-electron chi connectivity index (χ4n) is 3.42. The lowest BCUT2D eigenvalue weighted by Gasteiger charge is -2.15. The van der Waals surface area contributed by atoms with Gasteiger partial charge in [-0.3, -0.25) is 10.1 Å². The minimum atomic E-state index is -3.50. The van der Waals surface area contributed by atoms with Gasteiger partial charge in [-0.15, -0.1) is 5.10 Å². The first kappa shape index (κ1) is 19.0. The highest BCUT2D eigenvalue weighted by molar-refractivity contribution is 7.89. The molecule has 1 amide bonds. The number of pyridine rings is 1. The van der Waals surface area contributed by atoms with Crippen molar-refractivity contribution >= 4 is 53.8 Å². The fraction of sp³-hybridized carbons (Fsp3) is 0.278. The molecule has 3 aromatic heterocycles. The van der Waals surface area contributed by atoms with E-state index < -0.39 is 10.0 Å². The number of nitrogens with zero attached hydrogens (tertiary/aromatic N) is 6. The van der Waals surface area contributed by atoms with Gasteiger partial charge in [0.2, 0.25) is 10.0 Å². The maximum absolute atomic E-state index is 12.8. The van der Waals surface area contributed by atoms with Gasteiger partial charge in [0.25, 0.3) is 5.91 Å². The third-order valence-corrected chi connectivity index (χ3v) is 7.81. The minimum Gasteiger partial charge on any atom is -0.298 e. The summed E-state index contributed by atoms with van der Waals surface area (Å²) in [5, 5.41) is 11.0. The van der Waals surface area contributed by atoms with Crippen molar-refractivity contribution in [3.63, 3.8) is 0 Å². The summed E-state index contributed by atoms with van der Waals surface area (Å²) in [6, 6.07) is 6.45. The van der Waals surface area contributed by atoms with Crippen LogP contribution >= 0.6 is 11.3 Å². The molecule has 1 aromatic carbocycles. The molecule has 4 aromatic rings. The Balaban J connectivity index is 1.41. The molecule has 1 aliphatic heterocycles. The van der Waals surface area contributed by atoms with Gasteiger partial charge in [0, 0.05) is 26.3 Å². The highest BCUT2D eigenvalue weighted by atomic mass is 32.2. The zero-order valence-electron chi connectivity index (χ0n) is 15.9. The van der Waals surface area contributed by atoms with Gasteiger partial charge in [0.15, 0.2) is 10.8 Å². The van der Waals surface area contributed by atoms with E-state index in [0.717, 1.165) is 12.8 Å². The SMILES string of the molecule is Cn1nnc2cc(C(=O)Nc3nc4ccc(S(=O)(=O)N5CCCC5)cc4s3)cnc21. The van der Waals surface area contributed by atoms with Crippen LogP contribution in [0, 0.1) is 0 Å². The molecule has 0 radical (unpaired) electrons. The average molecular weight is 444 g/mol. The van der Waals surface area contributed by atoms with Gasteiger partial charge in [-0.25, -0.2) is 23.1 Å². The smallest absolute Gasteiger partial charge is 0.259 e. The van der Waals surface area contributed by atoms with Crippen LogP contribution in [-0.4, -0.2) is 56.7 Å². The molecule has 4 heterocycles. The largest absolute Gasteiger partial charge is 0.298 e. The molecule has 12 heteroatoms. The first-order valence-electron chi connectivity index (χ1n) is 9.29. The summed E-state index contributed by atoms with van der Waals surface area (Å²) < 4.78 is 29.3. The summed E-state index contributed by atoms with van der Waals surface area (Å²) in [4.78, 5) is 21.4. The van der Waals surface area contributed by atoms with Crippen LogP contribution in [0.4, 0.5) is 5.13 Å². The molecule has 0 bridgehead atoms. The van der Waals surface area contributed by atoms with Gasteiger partial charge in [-0.1, -0.05) is 16.6 Å². The maximum Gasteiger partial charge on any atom is 0.259 e. The van der Waals surface area contributed by atoms with Crippen molar-refractivity contribution in [1.82, 2.24) is 29.3 Å². The summed E-state index contributed by atoms with van der Waals surface area (Å²) in [7, 11) is -1.78. The monoisotopic (exact) mass is 443 g/mol. The van der Waals surface area contributed by atoms with Gasteiger partial charge in [0.05, 0.1) is 20.7 Å². The van der Waals surface area contributed by atoms with Crippen molar-refractivity contribution in [3.05, 3.63) is 36.0 Å². The quantitative estimate of drug-likeness (QED) is 0.512. The Morgan fingerprint density at radius 3 is 2.77 bits per heavy atom. The molecule has 0 aliphatic carbocycles. The van der Waals surface area contributed by atoms with E-state index in [4.69, 9.17) is 0 Å². The fourth-order valence-corrected chi connectivity index (χ4v) is 5.93. The standard InChI is InChI=1S/C18H17N7O3S2/c1-24-16-14(22-23-24)8-11(10-19-16)17(26)21-18-20-13-5-4-12(9-15(13)29-18)30(27,28)25-6-2-3-7-25/h4-5,8-10H,2-3,6-7H2,1H3,(H,20,21,26). The number of hydrogen-bond acceptors (Lipinski definition) is 8. The van der Waals surface area contributed by atoms with Crippen molar-refractivity contribution < 1.29 is 13.2 Å². The lowest BCUT2D eigenvalue weighted by molar-refractivity contribution is 0.102. The molecule has 1 N–H and O–H groups in total. The minimum absolute atomic E-state index is 0.246. The Morgan fingerprint density at radius 2 is 1.97 bits per heavy atom. The van der Waals surface area contributed by atoms with Crippen molar-refractivity contribution in [3.8, 4) is 0 Å². The average Bonchev–Trinajstić information content (AvgIpc) is 3.47. The number of fused-ring (bicyclic) bond motifs is 2. The second-order valence-corrected chi connectivity index (χ2v) is 9.96. The number of aryl methyl sites for hydroxylation is 1. The van der Waals surface area contributed by atoms with Crippen LogP contribution < -0.4 is 5.32 Å². The Labute approximate surface area is 175 Å². The number of aromatic nitrogens is 5. The molecule has 0 unspecified atom stereocenters. The van der Waals surface area contributed by atoms with Gasteiger partial charge in [0.1, 0.15) is 5.52 Å². The van der Waals surface area contributed by atoms with Gasteiger partial charge >= 0.3 is 0 Å². The predicted octanol–water partition coefficient (Wildman–Crippen LogP) is 2.01. The van der Waals surface area contributed by atoms with Crippen LogP contribution in [-0.2, 0) is 17.1 Å². The number of hydrogen-bond donors (Lipinski definition) is 1. The predicted molar refractivity (Wildman–Crippen MR) is 112 cm³/mol. The summed E-state index contributed by atoms with van der Waals surface area (Å²) in [6.45, 7) is 1.10. The summed E-state index contributed by atoms with van der Waals surface area (Å²) in [6.07, 6.45) is 3.22. The van der Waals surface area contributed by atoms with E-state index in [1.54, 1.807) is 31.3 Å². The Kier molecular flexibility index (Phi) is 4.49. The molecular formula is C18H17N7O3S2. The van der Waals surface area contributed by atoms with Crippen LogP contribution in [0.25, 0.3) is 21.4 Å². The Bertz CT molecular complexity index is 1390. The molecule has 1 aliphatic rings. The molecule has 0 saturated carbocycles. The number of rotatable bonds is 4. The molecule has 1 fully saturated rings. The molecule has 0 spiro atoms. The van der Waals surface area contributed by atoms with Gasteiger partial charge in [-0.05, 0) is 37.1 Å². The lowest BCUT2D eigenvalue weighted by atomic mass is 10.2. The van der Waals surface area contributed by atoms with E-state index in [9.17, 15) is 13.2 Å². The number of amides is 1. The second-order valence-electron chi connectivity index (χ2n) is 6.99. The third kappa shape index (κ3) is 3.22. The third-order valence-electron chi connectivity index (χ3n) is 4.99. The first-order valence-corrected chi connectivity index (χ1v) is 11.5. The molecule has 1 saturated heterocycles. The van der Waals surface area contributed by atoms with Crippen molar-refractivity contribution in [1.29, 1.82) is 0 Å². The van der Waals surface area contributed by atoms with Crippen molar-refractivity contribution in [2.24, 2.45) is 7.05 Å². The highest BCUT2D eigenvalue weighted by Crippen LogP contribution is 2.30. The van der Waals surface area contributed by atoms with Crippen molar-refractivity contribution in [2.75, 3.05) is 18.4 Å². The van der Waals surface area contributed by atoms with Gasteiger partial charge in [-0.2, -0.15) is 4.31 Å². The number of thiazole rings is 1. The Morgan fingerprint density at radius 1 is 1.17 bits per heavy atom.